The number of fused-ring (bicyclic) bond motifs is 1. The first-order chi connectivity index (χ1) is 15.4. The van der Waals surface area contributed by atoms with E-state index in [4.69, 9.17) is 9.68 Å². The molecule has 1 fully saturated rings. The molecule has 1 saturated heterocycles. The second kappa shape index (κ2) is 8.94. The minimum Gasteiger partial charge on any atom is -0.452 e. The molecule has 0 atom stereocenters. The fraction of sp³-hybridized carbons (Fsp3) is 0.261. The number of sulfonamides is 1. The molecule has 2 heterocycles. The Bertz CT molecular complexity index is 1260. The predicted molar refractivity (Wildman–Crippen MR) is 116 cm³/mol. The maximum absolute atomic E-state index is 12.6. The van der Waals surface area contributed by atoms with Crippen molar-refractivity contribution in [3.63, 3.8) is 0 Å². The zero-order valence-corrected chi connectivity index (χ0v) is 18.0. The van der Waals surface area contributed by atoms with Crippen molar-refractivity contribution < 1.29 is 22.4 Å². The lowest BCUT2D eigenvalue weighted by atomic mass is 9.97. The van der Waals surface area contributed by atoms with E-state index in [-0.39, 0.29) is 23.1 Å². The lowest BCUT2D eigenvalue weighted by Gasteiger charge is -2.31. The highest BCUT2D eigenvalue weighted by atomic mass is 32.2. The van der Waals surface area contributed by atoms with Crippen molar-refractivity contribution in [2.45, 2.75) is 17.7 Å². The number of benzene rings is 2. The number of nitriles is 1. The SMILES string of the molecule is N#Cc1ccc(S(=O)(=O)NCC2CCN(C(=O)C(=O)c3cc4ccccc4o3)CC2)cc1. The Hall–Kier alpha value is -3.48. The number of nitrogens with zero attached hydrogens (tertiary/aromatic N) is 2. The fourth-order valence-electron chi connectivity index (χ4n) is 3.70. The van der Waals surface area contributed by atoms with Crippen LogP contribution in [0.4, 0.5) is 0 Å². The molecule has 164 valence electrons. The van der Waals surface area contributed by atoms with Crippen LogP contribution in [0.3, 0.4) is 0 Å². The zero-order chi connectivity index (χ0) is 22.7. The van der Waals surface area contributed by atoms with Gasteiger partial charge in [0, 0.05) is 25.0 Å². The summed E-state index contributed by atoms with van der Waals surface area (Å²) in [5.74, 6) is -1.22. The molecule has 0 unspecified atom stereocenters. The number of hydrogen-bond donors (Lipinski definition) is 1. The van der Waals surface area contributed by atoms with Crippen LogP contribution in [-0.2, 0) is 14.8 Å². The summed E-state index contributed by atoms with van der Waals surface area (Å²) in [6.45, 7) is 0.976. The van der Waals surface area contributed by atoms with Crippen LogP contribution in [0.15, 0.2) is 63.9 Å². The molecule has 32 heavy (non-hydrogen) atoms. The van der Waals surface area contributed by atoms with Crippen LogP contribution >= 0.6 is 0 Å². The van der Waals surface area contributed by atoms with Gasteiger partial charge in [-0.15, -0.1) is 0 Å². The lowest BCUT2D eigenvalue weighted by molar-refractivity contribution is -0.127. The summed E-state index contributed by atoms with van der Waals surface area (Å²) in [6, 6.07) is 16.4. The lowest BCUT2D eigenvalue weighted by Crippen LogP contribution is -2.44. The average Bonchev–Trinajstić information content (AvgIpc) is 3.26. The van der Waals surface area contributed by atoms with Gasteiger partial charge in [-0.25, -0.2) is 13.1 Å². The summed E-state index contributed by atoms with van der Waals surface area (Å²) in [5.41, 5.74) is 0.940. The molecule has 0 saturated carbocycles. The van der Waals surface area contributed by atoms with E-state index in [1.54, 1.807) is 18.2 Å². The van der Waals surface area contributed by atoms with Crippen LogP contribution in [-0.4, -0.2) is 44.6 Å². The molecule has 1 aliphatic heterocycles. The van der Waals surface area contributed by atoms with Gasteiger partial charge in [0.15, 0.2) is 5.76 Å². The molecule has 8 nitrogen and oxygen atoms in total. The molecule has 3 aromatic rings. The van der Waals surface area contributed by atoms with Crippen LogP contribution < -0.4 is 4.72 Å². The van der Waals surface area contributed by atoms with Gasteiger partial charge >= 0.3 is 0 Å². The fourth-order valence-corrected chi connectivity index (χ4v) is 4.82. The van der Waals surface area contributed by atoms with Crippen LogP contribution in [0, 0.1) is 17.2 Å². The second-order valence-corrected chi connectivity index (χ2v) is 9.47. The Balaban J connectivity index is 1.31. The van der Waals surface area contributed by atoms with E-state index in [2.05, 4.69) is 4.72 Å². The summed E-state index contributed by atoms with van der Waals surface area (Å²) in [6.07, 6.45) is 1.16. The topological polar surface area (TPSA) is 120 Å². The van der Waals surface area contributed by atoms with E-state index in [9.17, 15) is 18.0 Å². The van der Waals surface area contributed by atoms with E-state index in [1.807, 2.05) is 18.2 Å². The third-order valence-corrected chi connectivity index (χ3v) is 7.04. The summed E-state index contributed by atoms with van der Waals surface area (Å²) in [4.78, 5) is 26.8. The average molecular weight is 452 g/mol. The summed E-state index contributed by atoms with van der Waals surface area (Å²) >= 11 is 0. The normalized spacial score (nSPS) is 14.9. The number of para-hydroxylation sites is 1. The highest BCUT2D eigenvalue weighted by Crippen LogP contribution is 2.22. The Morgan fingerprint density at radius 3 is 2.44 bits per heavy atom. The molecule has 4 rings (SSSR count). The summed E-state index contributed by atoms with van der Waals surface area (Å²) < 4.78 is 33.0. The molecule has 1 N–H and O–H groups in total. The highest BCUT2D eigenvalue weighted by Gasteiger charge is 2.30. The second-order valence-electron chi connectivity index (χ2n) is 7.70. The predicted octanol–water partition coefficient (Wildman–Crippen LogP) is 2.70. The van der Waals surface area contributed by atoms with Crippen molar-refractivity contribution in [2.24, 2.45) is 5.92 Å². The van der Waals surface area contributed by atoms with Crippen molar-refractivity contribution >= 4 is 32.7 Å². The molecular formula is C23H21N3O5S. The van der Waals surface area contributed by atoms with Crippen molar-refractivity contribution in [2.75, 3.05) is 19.6 Å². The third-order valence-electron chi connectivity index (χ3n) is 5.60. The minimum atomic E-state index is -3.68. The number of Topliss-reactive ketones (excluding diaryl/α,β-unsaturated/α-hetero) is 1. The standard InChI is InChI=1S/C23H21N3O5S/c24-14-16-5-7-19(8-6-16)32(29,30)25-15-17-9-11-26(12-10-17)23(28)22(27)21-13-18-3-1-2-4-20(18)31-21/h1-8,13,17,25H,9-12,15H2. The minimum absolute atomic E-state index is 0.0218. The van der Waals surface area contributed by atoms with Gasteiger partial charge in [-0.1, -0.05) is 18.2 Å². The van der Waals surface area contributed by atoms with Gasteiger partial charge in [-0.2, -0.15) is 5.26 Å². The number of ketones is 1. The van der Waals surface area contributed by atoms with Crippen molar-refractivity contribution in [3.8, 4) is 6.07 Å². The first-order valence-corrected chi connectivity index (χ1v) is 11.7. The van der Waals surface area contributed by atoms with Crippen LogP contribution in [0.25, 0.3) is 11.0 Å². The summed E-state index contributed by atoms with van der Waals surface area (Å²) in [5, 5.41) is 9.59. The number of rotatable bonds is 6. The van der Waals surface area contributed by atoms with Crippen molar-refractivity contribution in [3.05, 3.63) is 65.9 Å². The van der Waals surface area contributed by atoms with Gasteiger partial charge in [0.05, 0.1) is 16.5 Å². The molecule has 1 amide bonds. The molecule has 0 aliphatic carbocycles. The van der Waals surface area contributed by atoms with Crippen LogP contribution in [0.1, 0.15) is 29.0 Å². The molecule has 0 radical (unpaired) electrons. The third kappa shape index (κ3) is 4.56. The summed E-state index contributed by atoms with van der Waals surface area (Å²) in [7, 11) is -3.68. The van der Waals surface area contributed by atoms with E-state index >= 15 is 0 Å². The van der Waals surface area contributed by atoms with Gasteiger partial charge in [0.25, 0.3) is 11.7 Å². The number of amides is 1. The van der Waals surface area contributed by atoms with Crippen LogP contribution in [0.2, 0.25) is 0 Å². The Labute approximate surface area is 185 Å². The maximum atomic E-state index is 12.6. The van der Waals surface area contributed by atoms with E-state index < -0.39 is 21.7 Å². The van der Waals surface area contributed by atoms with Gasteiger partial charge in [0.1, 0.15) is 5.58 Å². The van der Waals surface area contributed by atoms with Crippen molar-refractivity contribution in [1.29, 1.82) is 5.26 Å². The van der Waals surface area contributed by atoms with Gasteiger partial charge in [-0.3, -0.25) is 9.59 Å². The molecule has 9 heteroatoms. The number of likely N-dealkylation sites (tertiary alicyclic amines) is 1. The molecule has 0 bridgehead atoms. The molecule has 2 aromatic carbocycles. The first kappa shape index (κ1) is 21.7. The zero-order valence-electron chi connectivity index (χ0n) is 17.2. The van der Waals surface area contributed by atoms with Crippen molar-refractivity contribution in [1.82, 2.24) is 9.62 Å². The molecule has 0 spiro atoms. The first-order valence-electron chi connectivity index (χ1n) is 10.2. The number of carbonyl (C=O) groups is 2. The largest absolute Gasteiger partial charge is 0.452 e. The number of nitrogens with one attached hydrogen (secondary N) is 1. The van der Waals surface area contributed by atoms with E-state index in [1.165, 1.54) is 29.2 Å². The van der Waals surface area contributed by atoms with Gasteiger partial charge < -0.3 is 9.32 Å². The molecular weight excluding hydrogens is 430 g/mol. The van der Waals surface area contributed by atoms with Gasteiger partial charge in [0.2, 0.25) is 10.0 Å². The molecule has 1 aromatic heterocycles. The highest BCUT2D eigenvalue weighted by molar-refractivity contribution is 7.89. The molecule has 1 aliphatic rings. The number of piperidine rings is 1. The Morgan fingerprint density at radius 1 is 1.09 bits per heavy atom. The van der Waals surface area contributed by atoms with E-state index in [0.29, 0.717) is 37.1 Å². The quantitative estimate of drug-likeness (QED) is 0.454. The maximum Gasteiger partial charge on any atom is 0.298 e. The number of carbonyl (C=O) groups excluding carboxylic acids is 2. The van der Waals surface area contributed by atoms with Gasteiger partial charge in [-0.05, 0) is 55.2 Å². The Kier molecular flexibility index (Phi) is 6.08. The van der Waals surface area contributed by atoms with Crippen LogP contribution in [0.5, 0.6) is 0 Å². The Morgan fingerprint density at radius 2 is 1.78 bits per heavy atom. The van der Waals surface area contributed by atoms with E-state index in [0.717, 1.165) is 5.39 Å². The number of hydrogen-bond acceptors (Lipinski definition) is 6. The number of furan rings is 1. The monoisotopic (exact) mass is 451 g/mol. The smallest absolute Gasteiger partial charge is 0.298 e.